The third-order valence-electron chi connectivity index (χ3n) is 3.44. The molecule has 2 N–H and O–H groups in total. The van der Waals surface area contributed by atoms with Crippen LogP contribution in [0.15, 0.2) is 42.5 Å². The molecule has 0 atom stereocenters. The molecular formula is C16H15FN2O. The van der Waals surface area contributed by atoms with Gasteiger partial charge < -0.3 is 10.6 Å². The van der Waals surface area contributed by atoms with Gasteiger partial charge in [-0.15, -0.1) is 0 Å². The van der Waals surface area contributed by atoms with Crippen molar-refractivity contribution < 1.29 is 9.18 Å². The summed E-state index contributed by atoms with van der Waals surface area (Å²) >= 11 is 0. The van der Waals surface area contributed by atoms with Gasteiger partial charge >= 0.3 is 0 Å². The molecule has 0 radical (unpaired) electrons. The van der Waals surface area contributed by atoms with Crippen molar-refractivity contribution in [3.63, 3.8) is 0 Å². The lowest BCUT2D eigenvalue weighted by atomic mass is 10.0. The third kappa shape index (κ3) is 2.70. The predicted molar refractivity (Wildman–Crippen MR) is 76.2 cm³/mol. The topological polar surface area (TPSA) is 41.1 Å². The Balaban J connectivity index is 1.79. The Hall–Kier alpha value is -2.20. The first kappa shape index (κ1) is 12.8. The molecule has 0 saturated carbocycles. The van der Waals surface area contributed by atoms with E-state index in [4.69, 9.17) is 0 Å². The van der Waals surface area contributed by atoms with E-state index in [0.29, 0.717) is 5.56 Å². The fourth-order valence-electron chi connectivity index (χ4n) is 2.39. The van der Waals surface area contributed by atoms with E-state index in [0.717, 1.165) is 25.2 Å². The van der Waals surface area contributed by atoms with Gasteiger partial charge in [0.05, 0.1) is 0 Å². The van der Waals surface area contributed by atoms with Crippen LogP contribution in [0.1, 0.15) is 21.5 Å². The van der Waals surface area contributed by atoms with E-state index < -0.39 is 5.82 Å². The standard InChI is InChI=1S/C16H15FN2O/c17-14-3-1-2-12(8-14)16(20)19-15-5-4-11-6-7-18-10-13(11)9-15/h1-5,8-9,18H,6-7,10H2,(H,19,20). The quantitative estimate of drug-likeness (QED) is 0.881. The monoisotopic (exact) mass is 270 g/mol. The zero-order valence-corrected chi connectivity index (χ0v) is 10.9. The fourth-order valence-corrected chi connectivity index (χ4v) is 2.39. The highest BCUT2D eigenvalue weighted by molar-refractivity contribution is 6.04. The Morgan fingerprint density at radius 2 is 2.05 bits per heavy atom. The van der Waals surface area contributed by atoms with Gasteiger partial charge in [-0.2, -0.15) is 0 Å². The molecule has 3 nitrogen and oxygen atoms in total. The minimum Gasteiger partial charge on any atom is -0.322 e. The smallest absolute Gasteiger partial charge is 0.255 e. The highest BCUT2D eigenvalue weighted by Gasteiger charge is 2.11. The molecule has 0 fully saturated rings. The van der Waals surface area contributed by atoms with Gasteiger partial charge in [-0.3, -0.25) is 4.79 Å². The largest absolute Gasteiger partial charge is 0.322 e. The van der Waals surface area contributed by atoms with Crippen LogP contribution in [-0.4, -0.2) is 12.5 Å². The van der Waals surface area contributed by atoms with E-state index in [9.17, 15) is 9.18 Å². The first-order valence-corrected chi connectivity index (χ1v) is 6.62. The molecule has 0 aliphatic carbocycles. The van der Waals surface area contributed by atoms with Crippen LogP contribution in [0.2, 0.25) is 0 Å². The van der Waals surface area contributed by atoms with Crippen LogP contribution < -0.4 is 10.6 Å². The van der Waals surface area contributed by atoms with E-state index in [-0.39, 0.29) is 5.91 Å². The number of fused-ring (bicyclic) bond motifs is 1. The second-order valence-electron chi connectivity index (χ2n) is 4.87. The number of anilines is 1. The number of benzene rings is 2. The lowest BCUT2D eigenvalue weighted by Gasteiger charge is -2.18. The Morgan fingerprint density at radius 3 is 2.90 bits per heavy atom. The third-order valence-corrected chi connectivity index (χ3v) is 3.44. The summed E-state index contributed by atoms with van der Waals surface area (Å²) in [6, 6.07) is 11.6. The second kappa shape index (κ2) is 5.43. The van der Waals surface area contributed by atoms with E-state index in [2.05, 4.69) is 10.6 Å². The maximum absolute atomic E-state index is 13.1. The Kier molecular flexibility index (Phi) is 3.48. The average molecular weight is 270 g/mol. The summed E-state index contributed by atoms with van der Waals surface area (Å²) in [4.78, 5) is 12.0. The number of amides is 1. The summed E-state index contributed by atoms with van der Waals surface area (Å²) in [5, 5.41) is 6.10. The van der Waals surface area contributed by atoms with Crippen LogP contribution in [0.3, 0.4) is 0 Å². The van der Waals surface area contributed by atoms with Crippen molar-refractivity contribution in [1.82, 2.24) is 5.32 Å². The van der Waals surface area contributed by atoms with E-state index >= 15 is 0 Å². The van der Waals surface area contributed by atoms with Crippen LogP contribution in [0.25, 0.3) is 0 Å². The molecule has 1 aliphatic rings. The van der Waals surface area contributed by atoms with Gasteiger partial charge in [0.2, 0.25) is 0 Å². The molecule has 1 heterocycles. The maximum Gasteiger partial charge on any atom is 0.255 e. The van der Waals surface area contributed by atoms with Crippen molar-refractivity contribution in [3.8, 4) is 0 Å². The Labute approximate surface area is 116 Å². The van der Waals surface area contributed by atoms with Gasteiger partial charge in [-0.25, -0.2) is 4.39 Å². The lowest BCUT2D eigenvalue weighted by Crippen LogP contribution is -2.23. The van der Waals surface area contributed by atoms with Gasteiger partial charge in [-0.05, 0) is 54.4 Å². The molecule has 0 spiro atoms. The van der Waals surface area contributed by atoms with Crippen LogP contribution in [0.5, 0.6) is 0 Å². The average Bonchev–Trinajstić information content (AvgIpc) is 2.47. The number of carbonyl (C=O) groups excluding carboxylic acids is 1. The highest BCUT2D eigenvalue weighted by Crippen LogP contribution is 2.19. The molecule has 2 aromatic carbocycles. The summed E-state index contributed by atoms with van der Waals surface area (Å²) < 4.78 is 13.1. The first-order chi connectivity index (χ1) is 9.72. The van der Waals surface area contributed by atoms with Gasteiger partial charge in [0.15, 0.2) is 0 Å². The molecule has 0 saturated heterocycles. The second-order valence-corrected chi connectivity index (χ2v) is 4.87. The van der Waals surface area contributed by atoms with Crippen molar-refractivity contribution in [2.75, 3.05) is 11.9 Å². The number of nitrogens with one attached hydrogen (secondary N) is 2. The molecular weight excluding hydrogens is 255 g/mol. The minimum absolute atomic E-state index is 0.298. The number of hydrogen-bond donors (Lipinski definition) is 2. The summed E-state index contributed by atoms with van der Waals surface area (Å²) in [7, 11) is 0. The maximum atomic E-state index is 13.1. The Morgan fingerprint density at radius 1 is 1.15 bits per heavy atom. The number of carbonyl (C=O) groups is 1. The molecule has 0 aromatic heterocycles. The normalized spacial score (nSPS) is 13.7. The molecule has 4 heteroatoms. The van der Waals surface area contributed by atoms with Gasteiger partial charge in [0, 0.05) is 17.8 Å². The molecule has 2 aromatic rings. The van der Waals surface area contributed by atoms with Gasteiger partial charge in [0.1, 0.15) is 5.82 Å². The van der Waals surface area contributed by atoms with E-state index in [1.807, 2.05) is 18.2 Å². The highest BCUT2D eigenvalue weighted by atomic mass is 19.1. The van der Waals surface area contributed by atoms with Gasteiger partial charge in [0.25, 0.3) is 5.91 Å². The predicted octanol–water partition coefficient (Wildman–Crippen LogP) is 2.72. The molecule has 0 bridgehead atoms. The van der Waals surface area contributed by atoms with Crippen molar-refractivity contribution in [1.29, 1.82) is 0 Å². The van der Waals surface area contributed by atoms with Crippen LogP contribution in [-0.2, 0) is 13.0 Å². The molecule has 102 valence electrons. The number of hydrogen-bond acceptors (Lipinski definition) is 2. The van der Waals surface area contributed by atoms with Crippen LogP contribution >= 0.6 is 0 Å². The summed E-state index contributed by atoms with van der Waals surface area (Å²) in [6.07, 6.45) is 1.01. The summed E-state index contributed by atoms with van der Waals surface area (Å²) in [5.41, 5.74) is 3.57. The van der Waals surface area contributed by atoms with Crippen LogP contribution in [0, 0.1) is 5.82 Å². The first-order valence-electron chi connectivity index (χ1n) is 6.62. The van der Waals surface area contributed by atoms with Crippen molar-refractivity contribution in [2.45, 2.75) is 13.0 Å². The SMILES string of the molecule is O=C(Nc1ccc2c(c1)CNCC2)c1cccc(F)c1. The number of rotatable bonds is 2. The minimum atomic E-state index is -0.410. The van der Waals surface area contributed by atoms with Crippen molar-refractivity contribution >= 4 is 11.6 Å². The Bertz CT molecular complexity index is 655. The van der Waals surface area contributed by atoms with Gasteiger partial charge in [-0.1, -0.05) is 12.1 Å². The summed E-state index contributed by atoms with van der Waals surface area (Å²) in [6.45, 7) is 1.81. The molecule has 1 aliphatic heterocycles. The van der Waals surface area contributed by atoms with E-state index in [1.165, 1.54) is 29.3 Å². The molecule has 3 rings (SSSR count). The van der Waals surface area contributed by atoms with E-state index in [1.54, 1.807) is 6.07 Å². The zero-order chi connectivity index (χ0) is 13.9. The number of halogens is 1. The van der Waals surface area contributed by atoms with Crippen LogP contribution in [0.4, 0.5) is 10.1 Å². The lowest BCUT2D eigenvalue weighted by molar-refractivity contribution is 0.102. The molecule has 20 heavy (non-hydrogen) atoms. The van der Waals surface area contributed by atoms with Crippen molar-refractivity contribution in [3.05, 3.63) is 65.0 Å². The van der Waals surface area contributed by atoms with Crippen molar-refractivity contribution in [2.24, 2.45) is 0 Å². The fraction of sp³-hybridized carbons (Fsp3) is 0.188. The summed E-state index contributed by atoms with van der Waals surface area (Å²) in [5.74, 6) is -0.708. The zero-order valence-electron chi connectivity index (χ0n) is 10.9. The molecule has 0 unspecified atom stereocenters. The molecule has 1 amide bonds.